The number of ether oxygens (including phenoxy) is 1. The molecule has 1 aliphatic carbocycles. The molecule has 0 bridgehead atoms. The average molecular weight is 212 g/mol. The predicted octanol–water partition coefficient (Wildman–Crippen LogP) is 1.27. The Balaban J connectivity index is 1.64. The first-order valence-corrected chi connectivity index (χ1v) is 6.43. The van der Waals surface area contributed by atoms with Crippen LogP contribution >= 0.6 is 0 Å². The summed E-state index contributed by atoms with van der Waals surface area (Å²) in [5.41, 5.74) is 6.21. The molecule has 1 aliphatic heterocycles. The first kappa shape index (κ1) is 11.4. The maximum atomic E-state index is 6.21. The minimum absolute atomic E-state index is 0.328. The lowest BCUT2D eigenvalue weighted by Gasteiger charge is -2.28. The van der Waals surface area contributed by atoms with Crippen molar-refractivity contribution in [1.82, 2.24) is 5.32 Å². The third-order valence-electron chi connectivity index (χ3n) is 3.87. The number of nitrogens with two attached hydrogens (primary N) is 1. The predicted molar refractivity (Wildman–Crippen MR) is 61.8 cm³/mol. The van der Waals surface area contributed by atoms with Gasteiger partial charge in [0.1, 0.15) is 0 Å². The summed E-state index contributed by atoms with van der Waals surface area (Å²) in [5, 5.41) is 3.61. The monoisotopic (exact) mass is 212 g/mol. The van der Waals surface area contributed by atoms with E-state index in [1.807, 2.05) is 0 Å². The highest BCUT2D eigenvalue weighted by molar-refractivity contribution is 4.81. The van der Waals surface area contributed by atoms with Crippen LogP contribution in [-0.2, 0) is 4.74 Å². The van der Waals surface area contributed by atoms with Crippen molar-refractivity contribution < 1.29 is 4.74 Å². The second-order valence-corrected chi connectivity index (χ2v) is 5.00. The van der Waals surface area contributed by atoms with Crippen LogP contribution in [0.4, 0.5) is 0 Å². The van der Waals surface area contributed by atoms with Crippen molar-refractivity contribution in [2.45, 2.75) is 50.6 Å². The number of nitrogens with one attached hydrogen (secondary N) is 1. The second kappa shape index (κ2) is 5.83. The van der Waals surface area contributed by atoms with E-state index in [4.69, 9.17) is 10.5 Å². The van der Waals surface area contributed by atoms with E-state index in [2.05, 4.69) is 5.32 Å². The van der Waals surface area contributed by atoms with Crippen LogP contribution in [0.3, 0.4) is 0 Å². The summed E-state index contributed by atoms with van der Waals surface area (Å²) < 4.78 is 5.35. The number of rotatable bonds is 4. The van der Waals surface area contributed by atoms with E-state index in [0.717, 1.165) is 38.6 Å². The van der Waals surface area contributed by atoms with Crippen molar-refractivity contribution in [3.8, 4) is 0 Å². The second-order valence-electron chi connectivity index (χ2n) is 5.00. The summed E-state index contributed by atoms with van der Waals surface area (Å²) in [4.78, 5) is 0. The summed E-state index contributed by atoms with van der Waals surface area (Å²) in [7, 11) is 0. The highest BCUT2D eigenvalue weighted by Gasteiger charge is 2.22. The third-order valence-corrected chi connectivity index (χ3v) is 3.87. The maximum absolute atomic E-state index is 6.21. The van der Waals surface area contributed by atoms with Gasteiger partial charge in [0.15, 0.2) is 0 Å². The molecule has 3 heteroatoms. The zero-order chi connectivity index (χ0) is 10.5. The molecule has 2 aliphatic rings. The van der Waals surface area contributed by atoms with E-state index in [0.29, 0.717) is 12.0 Å². The van der Waals surface area contributed by atoms with Crippen molar-refractivity contribution in [1.29, 1.82) is 0 Å². The highest BCUT2D eigenvalue weighted by Crippen LogP contribution is 2.20. The van der Waals surface area contributed by atoms with Crippen molar-refractivity contribution in [2.75, 3.05) is 19.8 Å². The fraction of sp³-hybridized carbons (Fsp3) is 1.00. The maximum Gasteiger partial charge on any atom is 0.0469 e. The average Bonchev–Trinajstić information content (AvgIpc) is 2.80. The SMILES string of the molecule is NC(CNC1CCCC1)C1CCOCC1. The first-order valence-electron chi connectivity index (χ1n) is 6.43. The molecule has 1 saturated carbocycles. The molecule has 0 radical (unpaired) electrons. The van der Waals surface area contributed by atoms with Crippen LogP contribution in [0, 0.1) is 5.92 Å². The van der Waals surface area contributed by atoms with Gasteiger partial charge in [-0.15, -0.1) is 0 Å². The molecule has 0 amide bonds. The number of hydrogen-bond acceptors (Lipinski definition) is 3. The van der Waals surface area contributed by atoms with E-state index in [9.17, 15) is 0 Å². The molecule has 2 rings (SSSR count). The van der Waals surface area contributed by atoms with E-state index in [1.54, 1.807) is 0 Å². The molecule has 0 spiro atoms. The molecular formula is C12H24N2O. The molecule has 0 aromatic carbocycles. The Morgan fingerprint density at radius 3 is 2.47 bits per heavy atom. The summed E-state index contributed by atoms with van der Waals surface area (Å²) in [6, 6.07) is 1.07. The molecule has 15 heavy (non-hydrogen) atoms. The highest BCUT2D eigenvalue weighted by atomic mass is 16.5. The topological polar surface area (TPSA) is 47.3 Å². The van der Waals surface area contributed by atoms with Crippen molar-refractivity contribution in [3.05, 3.63) is 0 Å². The molecule has 0 aromatic rings. The fourth-order valence-corrected chi connectivity index (χ4v) is 2.74. The van der Waals surface area contributed by atoms with Gasteiger partial charge in [0.2, 0.25) is 0 Å². The van der Waals surface area contributed by atoms with Crippen molar-refractivity contribution in [2.24, 2.45) is 11.7 Å². The molecule has 0 aromatic heterocycles. The Morgan fingerprint density at radius 2 is 1.80 bits per heavy atom. The van der Waals surface area contributed by atoms with Gasteiger partial charge in [0.25, 0.3) is 0 Å². The lowest BCUT2D eigenvalue weighted by atomic mass is 9.92. The van der Waals surface area contributed by atoms with E-state index in [1.165, 1.54) is 25.7 Å². The zero-order valence-electron chi connectivity index (χ0n) is 9.58. The largest absolute Gasteiger partial charge is 0.381 e. The van der Waals surface area contributed by atoms with Crippen LogP contribution in [0.5, 0.6) is 0 Å². The molecule has 3 nitrogen and oxygen atoms in total. The van der Waals surface area contributed by atoms with E-state index in [-0.39, 0.29) is 0 Å². The van der Waals surface area contributed by atoms with Gasteiger partial charge in [-0.1, -0.05) is 12.8 Å². The summed E-state index contributed by atoms with van der Waals surface area (Å²) in [6.07, 6.45) is 7.77. The van der Waals surface area contributed by atoms with Crippen LogP contribution in [0.25, 0.3) is 0 Å². The summed E-state index contributed by atoms with van der Waals surface area (Å²) >= 11 is 0. The standard InChI is InChI=1S/C12H24N2O/c13-12(10-5-7-15-8-6-10)9-14-11-3-1-2-4-11/h10-12,14H,1-9,13H2. The van der Waals surface area contributed by atoms with Gasteiger partial charge >= 0.3 is 0 Å². The first-order chi connectivity index (χ1) is 7.36. The molecule has 3 N–H and O–H groups in total. The molecule has 1 saturated heterocycles. The Hall–Kier alpha value is -0.120. The Labute approximate surface area is 92.7 Å². The lowest BCUT2D eigenvalue weighted by Crippen LogP contribution is -2.44. The Morgan fingerprint density at radius 1 is 1.13 bits per heavy atom. The van der Waals surface area contributed by atoms with Gasteiger partial charge in [0, 0.05) is 31.8 Å². The molecule has 1 unspecified atom stereocenters. The smallest absolute Gasteiger partial charge is 0.0469 e. The summed E-state index contributed by atoms with van der Waals surface area (Å²) in [6.45, 7) is 2.80. The molecule has 2 fully saturated rings. The van der Waals surface area contributed by atoms with Gasteiger partial charge < -0.3 is 15.8 Å². The Bertz CT molecular complexity index is 174. The minimum atomic E-state index is 0.328. The van der Waals surface area contributed by atoms with Crippen LogP contribution in [-0.4, -0.2) is 31.8 Å². The van der Waals surface area contributed by atoms with Gasteiger partial charge in [-0.05, 0) is 31.6 Å². The Kier molecular flexibility index (Phi) is 4.42. The molecular weight excluding hydrogens is 188 g/mol. The zero-order valence-corrected chi connectivity index (χ0v) is 9.58. The van der Waals surface area contributed by atoms with Gasteiger partial charge in [-0.2, -0.15) is 0 Å². The van der Waals surface area contributed by atoms with Gasteiger partial charge in [-0.25, -0.2) is 0 Å². The lowest BCUT2D eigenvalue weighted by molar-refractivity contribution is 0.0581. The minimum Gasteiger partial charge on any atom is -0.381 e. The summed E-state index contributed by atoms with van der Waals surface area (Å²) in [5.74, 6) is 0.674. The molecule has 1 atom stereocenters. The normalized spacial score (nSPS) is 27.0. The van der Waals surface area contributed by atoms with Gasteiger partial charge in [0.05, 0.1) is 0 Å². The third kappa shape index (κ3) is 3.44. The van der Waals surface area contributed by atoms with Crippen molar-refractivity contribution >= 4 is 0 Å². The molecule has 88 valence electrons. The molecule has 1 heterocycles. The van der Waals surface area contributed by atoms with Crippen LogP contribution in [0.15, 0.2) is 0 Å². The van der Waals surface area contributed by atoms with E-state index < -0.39 is 0 Å². The van der Waals surface area contributed by atoms with Crippen molar-refractivity contribution in [3.63, 3.8) is 0 Å². The van der Waals surface area contributed by atoms with E-state index >= 15 is 0 Å². The van der Waals surface area contributed by atoms with Crippen LogP contribution in [0.2, 0.25) is 0 Å². The van der Waals surface area contributed by atoms with Gasteiger partial charge in [-0.3, -0.25) is 0 Å². The fourth-order valence-electron chi connectivity index (χ4n) is 2.74. The number of hydrogen-bond donors (Lipinski definition) is 2. The van der Waals surface area contributed by atoms with Crippen LogP contribution in [0.1, 0.15) is 38.5 Å². The quantitative estimate of drug-likeness (QED) is 0.738. The van der Waals surface area contributed by atoms with Crippen LogP contribution < -0.4 is 11.1 Å².